The van der Waals surface area contributed by atoms with Gasteiger partial charge >= 0.3 is 0 Å². The van der Waals surface area contributed by atoms with E-state index in [0.29, 0.717) is 23.2 Å². The second-order valence-electron chi connectivity index (χ2n) is 6.33. The standard InChI is InChI=1S/C19H24N2O4S/c1-24-18-12-11-17(13-19(18)25-2)26(22,23)21-16-9-7-15(8-10-16)20-14-5-3-4-6-14/h7-14,20-21H,3-6H2,1-2H3. The van der Waals surface area contributed by atoms with Crippen LogP contribution in [0.5, 0.6) is 11.5 Å². The second-order valence-corrected chi connectivity index (χ2v) is 8.01. The highest BCUT2D eigenvalue weighted by Gasteiger charge is 2.18. The van der Waals surface area contributed by atoms with Crippen LogP contribution in [0.3, 0.4) is 0 Å². The average molecular weight is 376 g/mol. The van der Waals surface area contributed by atoms with Gasteiger partial charge in [0, 0.05) is 23.5 Å². The molecule has 0 saturated heterocycles. The Kier molecular flexibility index (Phi) is 5.56. The van der Waals surface area contributed by atoms with Crippen LogP contribution in [0.1, 0.15) is 25.7 Å². The van der Waals surface area contributed by atoms with Crippen LogP contribution in [0.15, 0.2) is 47.4 Å². The first kappa shape index (κ1) is 18.4. The molecule has 0 amide bonds. The number of ether oxygens (including phenoxy) is 2. The zero-order valence-electron chi connectivity index (χ0n) is 15.0. The first-order chi connectivity index (χ1) is 12.5. The number of methoxy groups -OCH3 is 2. The lowest BCUT2D eigenvalue weighted by molar-refractivity contribution is 0.354. The zero-order valence-corrected chi connectivity index (χ0v) is 15.8. The van der Waals surface area contributed by atoms with E-state index in [1.807, 2.05) is 12.1 Å². The quantitative estimate of drug-likeness (QED) is 0.767. The topological polar surface area (TPSA) is 76.7 Å². The molecule has 0 radical (unpaired) electrons. The zero-order chi connectivity index (χ0) is 18.6. The molecule has 1 fully saturated rings. The molecule has 0 unspecified atom stereocenters. The molecular weight excluding hydrogens is 352 g/mol. The predicted molar refractivity (Wildman–Crippen MR) is 103 cm³/mol. The summed E-state index contributed by atoms with van der Waals surface area (Å²) in [5.41, 5.74) is 1.52. The fraction of sp³-hybridized carbons (Fsp3) is 0.368. The Labute approximate surface area is 154 Å². The first-order valence-electron chi connectivity index (χ1n) is 8.63. The molecule has 2 aromatic rings. The van der Waals surface area contributed by atoms with E-state index in [-0.39, 0.29) is 4.90 Å². The third kappa shape index (κ3) is 4.22. The highest BCUT2D eigenvalue weighted by atomic mass is 32.2. The van der Waals surface area contributed by atoms with E-state index in [2.05, 4.69) is 10.0 Å². The smallest absolute Gasteiger partial charge is 0.262 e. The first-order valence-corrected chi connectivity index (χ1v) is 10.1. The van der Waals surface area contributed by atoms with E-state index in [9.17, 15) is 8.42 Å². The molecule has 0 heterocycles. The average Bonchev–Trinajstić information content (AvgIpc) is 3.15. The number of sulfonamides is 1. The Morgan fingerprint density at radius 2 is 1.50 bits per heavy atom. The summed E-state index contributed by atoms with van der Waals surface area (Å²) in [5.74, 6) is 0.847. The van der Waals surface area contributed by atoms with Crippen molar-refractivity contribution in [3.8, 4) is 11.5 Å². The summed E-state index contributed by atoms with van der Waals surface area (Å²) in [6.45, 7) is 0. The summed E-state index contributed by atoms with van der Waals surface area (Å²) < 4.78 is 38.1. The van der Waals surface area contributed by atoms with Gasteiger partial charge in [0.05, 0.1) is 19.1 Å². The highest BCUT2D eigenvalue weighted by Crippen LogP contribution is 2.30. The van der Waals surface area contributed by atoms with Gasteiger partial charge in [-0.1, -0.05) is 12.8 Å². The van der Waals surface area contributed by atoms with E-state index < -0.39 is 10.0 Å². The van der Waals surface area contributed by atoms with Crippen molar-refractivity contribution in [2.24, 2.45) is 0 Å². The third-order valence-electron chi connectivity index (χ3n) is 4.53. The van der Waals surface area contributed by atoms with Crippen molar-refractivity contribution in [2.45, 2.75) is 36.6 Å². The van der Waals surface area contributed by atoms with Crippen molar-refractivity contribution >= 4 is 21.4 Å². The van der Waals surface area contributed by atoms with Gasteiger partial charge in [0.1, 0.15) is 0 Å². The Hall–Kier alpha value is -2.41. The number of rotatable bonds is 7. The number of benzene rings is 2. The van der Waals surface area contributed by atoms with Gasteiger partial charge in [-0.2, -0.15) is 0 Å². The summed E-state index contributed by atoms with van der Waals surface area (Å²) >= 11 is 0. The van der Waals surface area contributed by atoms with Gasteiger partial charge in [-0.3, -0.25) is 4.72 Å². The largest absolute Gasteiger partial charge is 0.493 e. The van der Waals surface area contributed by atoms with Gasteiger partial charge in [-0.05, 0) is 49.2 Å². The molecule has 26 heavy (non-hydrogen) atoms. The molecule has 3 rings (SSSR count). The van der Waals surface area contributed by atoms with Crippen LogP contribution >= 0.6 is 0 Å². The minimum atomic E-state index is -3.71. The molecular formula is C19H24N2O4S. The highest BCUT2D eigenvalue weighted by molar-refractivity contribution is 7.92. The molecule has 2 N–H and O–H groups in total. The van der Waals surface area contributed by atoms with Gasteiger partial charge in [0.15, 0.2) is 11.5 Å². The maximum absolute atomic E-state index is 12.6. The molecule has 0 aromatic heterocycles. The van der Waals surface area contributed by atoms with Crippen LogP contribution < -0.4 is 19.5 Å². The van der Waals surface area contributed by atoms with Crippen molar-refractivity contribution < 1.29 is 17.9 Å². The third-order valence-corrected chi connectivity index (χ3v) is 5.91. The molecule has 0 bridgehead atoms. The Balaban J connectivity index is 1.72. The van der Waals surface area contributed by atoms with Gasteiger partial charge in [-0.25, -0.2) is 8.42 Å². The molecule has 1 aliphatic rings. The van der Waals surface area contributed by atoms with Crippen molar-refractivity contribution in [3.63, 3.8) is 0 Å². The lowest BCUT2D eigenvalue weighted by Crippen LogP contribution is -2.15. The molecule has 2 aromatic carbocycles. The predicted octanol–water partition coefficient (Wildman–Crippen LogP) is 3.86. The number of hydrogen-bond donors (Lipinski definition) is 2. The van der Waals surface area contributed by atoms with Crippen molar-refractivity contribution in [3.05, 3.63) is 42.5 Å². The van der Waals surface area contributed by atoms with Crippen molar-refractivity contribution in [1.82, 2.24) is 0 Å². The Morgan fingerprint density at radius 3 is 2.12 bits per heavy atom. The molecule has 6 nitrogen and oxygen atoms in total. The summed E-state index contributed by atoms with van der Waals surface area (Å²) in [6, 6.07) is 12.3. The lowest BCUT2D eigenvalue weighted by atomic mass is 10.2. The van der Waals surface area contributed by atoms with Crippen LogP contribution in [0.2, 0.25) is 0 Å². The molecule has 0 aliphatic heterocycles. The van der Waals surface area contributed by atoms with E-state index in [1.165, 1.54) is 52.0 Å². The fourth-order valence-corrected chi connectivity index (χ4v) is 4.21. The van der Waals surface area contributed by atoms with Gasteiger partial charge in [0.25, 0.3) is 10.0 Å². The number of nitrogens with one attached hydrogen (secondary N) is 2. The van der Waals surface area contributed by atoms with E-state index in [1.54, 1.807) is 18.2 Å². The van der Waals surface area contributed by atoms with Crippen molar-refractivity contribution in [2.75, 3.05) is 24.3 Å². The molecule has 1 aliphatic carbocycles. The Bertz CT molecular complexity index is 844. The summed E-state index contributed by atoms with van der Waals surface area (Å²) in [5, 5.41) is 3.48. The molecule has 1 saturated carbocycles. The second kappa shape index (κ2) is 7.86. The Morgan fingerprint density at radius 1 is 0.885 bits per heavy atom. The van der Waals surface area contributed by atoms with Gasteiger partial charge in [-0.15, -0.1) is 0 Å². The van der Waals surface area contributed by atoms with Crippen LogP contribution in [-0.2, 0) is 10.0 Å². The van der Waals surface area contributed by atoms with E-state index >= 15 is 0 Å². The maximum Gasteiger partial charge on any atom is 0.262 e. The minimum Gasteiger partial charge on any atom is -0.493 e. The minimum absolute atomic E-state index is 0.114. The van der Waals surface area contributed by atoms with Gasteiger partial charge < -0.3 is 14.8 Å². The monoisotopic (exact) mass is 376 g/mol. The van der Waals surface area contributed by atoms with Gasteiger partial charge in [0.2, 0.25) is 0 Å². The summed E-state index contributed by atoms with van der Waals surface area (Å²) in [7, 11) is -0.737. The number of anilines is 2. The van der Waals surface area contributed by atoms with E-state index in [4.69, 9.17) is 9.47 Å². The molecule has 0 spiro atoms. The van der Waals surface area contributed by atoms with Crippen molar-refractivity contribution in [1.29, 1.82) is 0 Å². The molecule has 7 heteroatoms. The van der Waals surface area contributed by atoms with Crippen LogP contribution in [0.4, 0.5) is 11.4 Å². The number of hydrogen-bond acceptors (Lipinski definition) is 5. The summed E-state index contributed by atoms with van der Waals surface area (Å²) in [6.07, 6.45) is 4.91. The maximum atomic E-state index is 12.6. The lowest BCUT2D eigenvalue weighted by Gasteiger charge is -2.14. The fourth-order valence-electron chi connectivity index (χ4n) is 3.14. The van der Waals surface area contributed by atoms with Crippen LogP contribution in [0, 0.1) is 0 Å². The van der Waals surface area contributed by atoms with E-state index in [0.717, 1.165) is 5.69 Å². The normalized spacial score (nSPS) is 14.8. The van der Waals surface area contributed by atoms with Crippen LogP contribution in [-0.4, -0.2) is 28.7 Å². The van der Waals surface area contributed by atoms with Crippen LogP contribution in [0.25, 0.3) is 0 Å². The SMILES string of the molecule is COc1ccc(S(=O)(=O)Nc2ccc(NC3CCCC3)cc2)cc1OC. The summed E-state index contributed by atoms with van der Waals surface area (Å²) in [4.78, 5) is 0.114. The molecule has 140 valence electrons. The molecule has 0 atom stereocenters.